The summed E-state index contributed by atoms with van der Waals surface area (Å²) < 4.78 is 12.6. The molecule has 0 aliphatic carbocycles. The van der Waals surface area contributed by atoms with Crippen molar-refractivity contribution >= 4 is 45.8 Å². The molecule has 3 rings (SSSR count). The smallest absolute Gasteiger partial charge is 0.255 e. The van der Waals surface area contributed by atoms with Crippen LogP contribution in [0.2, 0.25) is 5.02 Å². The van der Waals surface area contributed by atoms with Gasteiger partial charge in [0.05, 0.1) is 20.9 Å². The lowest BCUT2D eigenvalue weighted by atomic mass is 10.1. The summed E-state index contributed by atoms with van der Waals surface area (Å²) in [5.41, 5.74) is 3.30. The van der Waals surface area contributed by atoms with E-state index in [1.807, 2.05) is 38.1 Å². The zero-order chi connectivity index (χ0) is 20.8. The molecule has 29 heavy (non-hydrogen) atoms. The van der Waals surface area contributed by atoms with Gasteiger partial charge in [-0.15, -0.1) is 0 Å². The maximum Gasteiger partial charge on any atom is 0.255 e. The highest BCUT2D eigenvalue weighted by atomic mass is 127. The van der Waals surface area contributed by atoms with Crippen molar-refractivity contribution in [2.24, 2.45) is 0 Å². The third-order valence-electron chi connectivity index (χ3n) is 4.20. The van der Waals surface area contributed by atoms with E-state index >= 15 is 0 Å². The summed E-state index contributed by atoms with van der Waals surface area (Å²) in [4.78, 5) is 12.7. The van der Waals surface area contributed by atoms with Crippen LogP contribution in [-0.2, 0) is 6.61 Å². The maximum atomic E-state index is 12.7. The average Bonchev–Trinajstić information content (AvgIpc) is 2.70. The van der Waals surface area contributed by atoms with Gasteiger partial charge in [0.25, 0.3) is 5.91 Å². The van der Waals surface area contributed by atoms with Gasteiger partial charge in [-0.3, -0.25) is 4.79 Å². The molecule has 0 radical (unpaired) electrons. The van der Waals surface area contributed by atoms with Gasteiger partial charge in [0.2, 0.25) is 0 Å². The zero-order valence-corrected chi connectivity index (χ0v) is 19.1. The van der Waals surface area contributed by atoms with Gasteiger partial charge in [0.1, 0.15) is 6.61 Å². The Hall–Kier alpha value is -2.25. The van der Waals surface area contributed by atoms with E-state index < -0.39 is 0 Å². The first-order valence-corrected chi connectivity index (χ1v) is 10.6. The van der Waals surface area contributed by atoms with Crippen molar-refractivity contribution < 1.29 is 14.3 Å². The van der Waals surface area contributed by atoms with Crippen LogP contribution in [0, 0.1) is 10.5 Å². The number of benzene rings is 3. The van der Waals surface area contributed by atoms with E-state index in [1.165, 1.54) is 5.56 Å². The molecular formula is C23H21ClINO3. The highest BCUT2D eigenvalue weighted by Gasteiger charge is 2.17. The predicted molar refractivity (Wildman–Crippen MR) is 125 cm³/mol. The van der Waals surface area contributed by atoms with Gasteiger partial charge < -0.3 is 14.8 Å². The van der Waals surface area contributed by atoms with Crippen LogP contribution >= 0.6 is 34.2 Å². The number of ether oxygens (including phenoxy) is 2. The number of hydrogen-bond acceptors (Lipinski definition) is 3. The van der Waals surface area contributed by atoms with Gasteiger partial charge in [-0.25, -0.2) is 0 Å². The molecule has 0 atom stereocenters. The lowest BCUT2D eigenvalue weighted by molar-refractivity contribution is 0.102. The fraction of sp³-hybridized carbons (Fsp3) is 0.174. The Labute approximate surface area is 189 Å². The molecular weight excluding hydrogens is 501 g/mol. The third kappa shape index (κ3) is 5.64. The van der Waals surface area contributed by atoms with Crippen LogP contribution in [0.4, 0.5) is 5.69 Å². The normalized spacial score (nSPS) is 10.5. The average molecular weight is 522 g/mol. The molecule has 4 nitrogen and oxygen atoms in total. The number of amides is 1. The second kappa shape index (κ2) is 9.98. The largest absolute Gasteiger partial charge is 0.490 e. The Morgan fingerprint density at radius 3 is 2.48 bits per heavy atom. The molecule has 0 saturated carbocycles. The Balaban J connectivity index is 1.82. The summed E-state index contributed by atoms with van der Waals surface area (Å²) in [6.45, 7) is 4.83. The van der Waals surface area contributed by atoms with Gasteiger partial charge in [0, 0.05) is 5.56 Å². The Morgan fingerprint density at radius 1 is 1.07 bits per heavy atom. The molecule has 3 aromatic rings. The SMILES string of the molecule is CCOc1cc(C(=O)Nc2ccccc2Cl)cc(I)c1OCc1ccc(C)cc1. The summed E-state index contributed by atoms with van der Waals surface area (Å²) in [6, 6.07) is 18.8. The number of carbonyl (C=O) groups excluding carboxylic acids is 1. The van der Waals surface area contributed by atoms with Crippen LogP contribution in [0.5, 0.6) is 11.5 Å². The summed E-state index contributed by atoms with van der Waals surface area (Å²) in [7, 11) is 0. The standard InChI is InChI=1S/C23H21ClINO3/c1-3-28-21-13-17(23(27)26-20-7-5-4-6-18(20)24)12-19(25)22(21)29-14-16-10-8-15(2)9-11-16/h4-13H,3,14H2,1-2H3,(H,26,27). The molecule has 0 heterocycles. The number of anilines is 1. The van der Waals surface area contributed by atoms with Crippen LogP contribution in [0.3, 0.4) is 0 Å². The van der Waals surface area contributed by atoms with E-state index in [1.54, 1.807) is 24.3 Å². The van der Waals surface area contributed by atoms with Gasteiger partial charge in [0.15, 0.2) is 11.5 Å². The number of halogens is 2. The van der Waals surface area contributed by atoms with Crippen molar-refractivity contribution in [3.63, 3.8) is 0 Å². The van der Waals surface area contributed by atoms with Crippen LogP contribution < -0.4 is 14.8 Å². The van der Waals surface area contributed by atoms with E-state index in [0.717, 1.165) is 9.13 Å². The van der Waals surface area contributed by atoms with Crippen molar-refractivity contribution in [1.82, 2.24) is 0 Å². The Kier molecular flexibility index (Phi) is 7.39. The molecule has 1 N–H and O–H groups in total. The summed E-state index contributed by atoms with van der Waals surface area (Å²) >= 11 is 8.30. The number of rotatable bonds is 7. The molecule has 3 aromatic carbocycles. The lowest BCUT2D eigenvalue weighted by Gasteiger charge is -2.16. The molecule has 0 aromatic heterocycles. The lowest BCUT2D eigenvalue weighted by Crippen LogP contribution is -2.13. The quantitative estimate of drug-likeness (QED) is 0.362. The number of hydrogen-bond donors (Lipinski definition) is 1. The van der Waals surface area contributed by atoms with E-state index in [2.05, 4.69) is 40.0 Å². The van der Waals surface area contributed by atoms with Gasteiger partial charge >= 0.3 is 0 Å². The van der Waals surface area contributed by atoms with Crippen molar-refractivity contribution in [3.05, 3.63) is 85.9 Å². The summed E-state index contributed by atoms with van der Waals surface area (Å²) in [6.07, 6.45) is 0. The Bertz CT molecular complexity index is 1010. The topological polar surface area (TPSA) is 47.6 Å². The fourth-order valence-electron chi connectivity index (χ4n) is 2.70. The second-order valence-corrected chi connectivity index (χ2v) is 8.00. The molecule has 0 spiro atoms. The monoisotopic (exact) mass is 521 g/mol. The molecule has 150 valence electrons. The maximum absolute atomic E-state index is 12.7. The minimum Gasteiger partial charge on any atom is -0.490 e. The number of aryl methyl sites for hydroxylation is 1. The van der Waals surface area contributed by atoms with Crippen molar-refractivity contribution in [2.75, 3.05) is 11.9 Å². The second-order valence-electron chi connectivity index (χ2n) is 6.43. The molecule has 0 aliphatic rings. The van der Waals surface area contributed by atoms with Crippen molar-refractivity contribution in [3.8, 4) is 11.5 Å². The van der Waals surface area contributed by atoms with Crippen LogP contribution in [-0.4, -0.2) is 12.5 Å². The molecule has 0 saturated heterocycles. The van der Waals surface area contributed by atoms with Gasteiger partial charge in [-0.05, 0) is 66.3 Å². The molecule has 0 fully saturated rings. The molecule has 0 unspecified atom stereocenters. The fourth-order valence-corrected chi connectivity index (χ4v) is 3.64. The van der Waals surface area contributed by atoms with Crippen molar-refractivity contribution in [2.45, 2.75) is 20.5 Å². The van der Waals surface area contributed by atoms with Gasteiger partial charge in [-0.2, -0.15) is 0 Å². The predicted octanol–water partition coefficient (Wildman–Crippen LogP) is 6.48. The number of para-hydroxylation sites is 1. The minimum atomic E-state index is -0.262. The zero-order valence-electron chi connectivity index (χ0n) is 16.2. The van der Waals surface area contributed by atoms with Crippen LogP contribution in [0.15, 0.2) is 60.7 Å². The first-order chi connectivity index (χ1) is 14.0. The first kappa shape index (κ1) is 21.5. The van der Waals surface area contributed by atoms with E-state index in [9.17, 15) is 4.79 Å². The third-order valence-corrected chi connectivity index (χ3v) is 5.33. The molecule has 0 aliphatic heterocycles. The van der Waals surface area contributed by atoms with Crippen molar-refractivity contribution in [1.29, 1.82) is 0 Å². The van der Waals surface area contributed by atoms with Crippen LogP contribution in [0.25, 0.3) is 0 Å². The van der Waals surface area contributed by atoms with E-state index in [0.29, 0.717) is 41.0 Å². The van der Waals surface area contributed by atoms with Gasteiger partial charge in [-0.1, -0.05) is 53.6 Å². The first-order valence-electron chi connectivity index (χ1n) is 9.18. The summed E-state index contributed by atoms with van der Waals surface area (Å²) in [5, 5.41) is 3.32. The number of carbonyl (C=O) groups is 1. The molecule has 6 heteroatoms. The highest BCUT2D eigenvalue weighted by Crippen LogP contribution is 2.35. The van der Waals surface area contributed by atoms with E-state index in [4.69, 9.17) is 21.1 Å². The molecule has 0 bridgehead atoms. The van der Waals surface area contributed by atoms with Crippen LogP contribution in [0.1, 0.15) is 28.4 Å². The molecule has 1 amide bonds. The van der Waals surface area contributed by atoms with E-state index in [-0.39, 0.29) is 5.91 Å². The minimum absolute atomic E-state index is 0.262. The highest BCUT2D eigenvalue weighted by molar-refractivity contribution is 14.1. The Morgan fingerprint density at radius 2 is 1.79 bits per heavy atom. The number of nitrogens with one attached hydrogen (secondary N) is 1. The summed E-state index contributed by atoms with van der Waals surface area (Å²) in [5.74, 6) is 0.903.